The summed E-state index contributed by atoms with van der Waals surface area (Å²) in [6.45, 7) is 0.651. The summed E-state index contributed by atoms with van der Waals surface area (Å²) in [5, 5.41) is 6.12. The minimum atomic E-state index is -0.272. The van der Waals surface area contributed by atoms with E-state index in [0.717, 1.165) is 25.7 Å². The summed E-state index contributed by atoms with van der Waals surface area (Å²) in [6, 6.07) is -0.213. The molecule has 0 radical (unpaired) electrons. The van der Waals surface area contributed by atoms with Crippen LogP contribution in [0.5, 0.6) is 0 Å². The van der Waals surface area contributed by atoms with Gasteiger partial charge in [-0.05, 0) is 19.3 Å². The lowest BCUT2D eigenvalue weighted by atomic mass is 9.88. The number of methoxy groups -OCH3 is 1. The van der Waals surface area contributed by atoms with E-state index in [1.165, 1.54) is 13.5 Å². The van der Waals surface area contributed by atoms with Gasteiger partial charge in [0.25, 0.3) is 0 Å². The van der Waals surface area contributed by atoms with Gasteiger partial charge in [0.1, 0.15) is 6.04 Å². The van der Waals surface area contributed by atoms with Crippen LogP contribution in [0.25, 0.3) is 0 Å². The van der Waals surface area contributed by atoms with Crippen LogP contribution in [0, 0.1) is 5.92 Å². The molecular weight excluding hydrogens is 232 g/mol. The molecule has 102 valence electrons. The van der Waals surface area contributed by atoms with Gasteiger partial charge in [-0.1, -0.05) is 19.3 Å². The van der Waals surface area contributed by atoms with Gasteiger partial charge in [-0.15, -0.1) is 0 Å². The van der Waals surface area contributed by atoms with Gasteiger partial charge >= 0.3 is 5.97 Å². The number of nitrogens with one attached hydrogen (secondary N) is 2. The Hall–Kier alpha value is -1.10. The van der Waals surface area contributed by atoms with Crippen molar-refractivity contribution in [2.75, 3.05) is 13.7 Å². The molecule has 1 saturated heterocycles. The average Bonchev–Trinajstić information content (AvgIpc) is 2.87. The Labute approximate surface area is 108 Å². The van der Waals surface area contributed by atoms with E-state index in [9.17, 15) is 9.59 Å². The normalized spacial score (nSPS) is 28.9. The van der Waals surface area contributed by atoms with E-state index in [-0.39, 0.29) is 29.9 Å². The Kier molecular flexibility index (Phi) is 4.58. The summed E-state index contributed by atoms with van der Waals surface area (Å²) >= 11 is 0. The minimum absolute atomic E-state index is 0.0588. The van der Waals surface area contributed by atoms with E-state index >= 15 is 0 Å². The van der Waals surface area contributed by atoms with Crippen LogP contribution in [-0.4, -0.2) is 37.6 Å². The monoisotopic (exact) mass is 254 g/mol. The summed E-state index contributed by atoms with van der Waals surface area (Å²) in [6.07, 6.45) is 6.21. The molecule has 0 unspecified atom stereocenters. The van der Waals surface area contributed by atoms with Crippen LogP contribution < -0.4 is 10.6 Å². The largest absolute Gasteiger partial charge is 0.468 e. The standard InChI is InChI=1S/C13H22N2O3/c1-18-13(17)11-7-10(8-14-11)15-12(16)9-5-3-2-4-6-9/h9-11,14H,2-8H2,1H3,(H,15,16)/t10-,11-/m0/s1. The van der Waals surface area contributed by atoms with Gasteiger partial charge in [-0.2, -0.15) is 0 Å². The first-order valence-corrected chi connectivity index (χ1v) is 6.82. The molecule has 2 fully saturated rings. The van der Waals surface area contributed by atoms with Crippen LogP contribution in [0.2, 0.25) is 0 Å². The molecule has 0 aromatic carbocycles. The maximum absolute atomic E-state index is 12.0. The number of rotatable bonds is 3. The Morgan fingerprint density at radius 3 is 2.61 bits per heavy atom. The van der Waals surface area contributed by atoms with Gasteiger partial charge in [0, 0.05) is 18.5 Å². The number of hydrogen-bond donors (Lipinski definition) is 2. The van der Waals surface area contributed by atoms with Crippen molar-refractivity contribution in [1.82, 2.24) is 10.6 Å². The second kappa shape index (κ2) is 6.18. The summed E-state index contributed by atoms with van der Waals surface area (Å²) in [4.78, 5) is 23.4. The van der Waals surface area contributed by atoms with E-state index in [1.54, 1.807) is 0 Å². The predicted molar refractivity (Wildman–Crippen MR) is 66.9 cm³/mol. The highest BCUT2D eigenvalue weighted by Crippen LogP contribution is 2.24. The second-order valence-electron chi connectivity index (χ2n) is 5.26. The molecule has 2 aliphatic rings. The van der Waals surface area contributed by atoms with Gasteiger partial charge in [0.05, 0.1) is 7.11 Å². The highest BCUT2D eigenvalue weighted by atomic mass is 16.5. The van der Waals surface area contributed by atoms with Gasteiger partial charge in [0.15, 0.2) is 0 Å². The molecule has 2 rings (SSSR count). The zero-order chi connectivity index (χ0) is 13.0. The predicted octanol–water partition coefficient (Wildman–Crippen LogP) is 0.586. The van der Waals surface area contributed by atoms with Crippen molar-refractivity contribution in [3.8, 4) is 0 Å². The van der Waals surface area contributed by atoms with Crippen molar-refractivity contribution >= 4 is 11.9 Å². The Balaban J connectivity index is 1.76. The van der Waals surface area contributed by atoms with E-state index in [1.807, 2.05) is 0 Å². The number of esters is 1. The summed E-state index contributed by atoms with van der Waals surface area (Å²) in [7, 11) is 1.39. The zero-order valence-electron chi connectivity index (χ0n) is 10.9. The number of carbonyl (C=O) groups excluding carboxylic acids is 2. The lowest BCUT2D eigenvalue weighted by molar-refractivity contribution is -0.142. The molecule has 0 aromatic rings. The number of amides is 1. The lowest BCUT2D eigenvalue weighted by Gasteiger charge is -2.22. The molecule has 0 bridgehead atoms. The van der Waals surface area contributed by atoms with Crippen LogP contribution in [0.15, 0.2) is 0 Å². The lowest BCUT2D eigenvalue weighted by Crippen LogP contribution is -2.40. The molecule has 2 atom stereocenters. The van der Waals surface area contributed by atoms with E-state index < -0.39 is 0 Å². The molecule has 5 nitrogen and oxygen atoms in total. The van der Waals surface area contributed by atoms with Crippen LogP contribution in [0.1, 0.15) is 38.5 Å². The van der Waals surface area contributed by atoms with Gasteiger partial charge < -0.3 is 15.4 Å². The second-order valence-corrected chi connectivity index (χ2v) is 5.26. The first-order valence-electron chi connectivity index (χ1n) is 6.82. The Morgan fingerprint density at radius 1 is 1.22 bits per heavy atom. The first kappa shape index (κ1) is 13.3. The third-order valence-electron chi connectivity index (χ3n) is 3.94. The molecule has 1 heterocycles. The van der Waals surface area contributed by atoms with Gasteiger partial charge in [0.2, 0.25) is 5.91 Å². The molecular formula is C13H22N2O3. The minimum Gasteiger partial charge on any atom is -0.468 e. The number of ether oxygens (including phenoxy) is 1. The number of carbonyl (C=O) groups is 2. The van der Waals surface area contributed by atoms with Crippen molar-refractivity contribution in [2.45, 2.75) is 50.6 Å². The topological polar surface area (TPSA) is 67.4 Å². The van der Waals surface area contributed by atoms with Crippen molar-refractivity contribution in [2.24, 2.45) is 5.92 Å². The first-order chi connectivity index (χ1) is 8.70. The molecule has 1 saturated carbocycles. The summed E-state index contributed by atoms with van der Waals surface area (Å²) in [5.41, 5.74) is 0. The van der Waals surface area contributed by atoms with Gasteiger partial charge in [-0.25, -0.2) is 0 Å². The quantitative estimate of drug-likeness (QED) is 0.723. The van der Waals surface area contributed by atoms with E-state index in [0.29, 0.717) is 13.0 Å². The molecule has 1 aliphatic heterocycles. The molecule has 0 aromatic heterocycles. The maximum Gasteiger partial charge on any atom is 0.322 e. The van der Waals surface area contributed by atoms with Gasteiger partial charge in [-0.3, -0.25) is 9.59 Å². The summed E-state index contributed by atoms with van der Waals surface area (Å²) in [5.74, 6) is 0.0901. The Bertz CT molecular complexity index is 313. The molecule has 1 aliphatic carbocycles. The van der Waals surface area contributed by atoms with Crippen molar-refractivity contribution < 1.29 is 14.3 Å². The van der Waals surface area contributed by atoms with Crippen molar-refractivity contribution in [1.29, 1.82) is 0 Å². The van der Waals surface area contributed by atoms with E-state index in [4.69, 9.17) is 0 Å². The van der Waals surface area contributed by atoms with Crippen LogP contribution >= 0.6 is 0 Å². The van der Waals surface area contributed by atoms with Crippen molar-refractivity contribution in [3.05, 3.63) is 0 Å². The fourth-order valence-electron chi connectivity index (χ4n) is 2.85. The number of hydrogen-bond acceptors (Lipinski definition) is 4. The fraction of sp³-hybridized carbons (Fsp3) is 0.846. The third-order valence-corrected chi connectivity index (χ3v) is 3.94. The zero-order valence-corrected chi connectivity index (χ0v) is 10.9. The van der Waals surface area contributed by atoms with E-state index in [2.05, 4.69) is 15.4 Å². The smallest absolute Gasteiger partial charge is 0.322 e. The van der Waals surface area contributed by atoms with Crippen LogP contribution in [0.3, 0.4) is 0 Å². The Morgan fingerprint density at radius 2 is 1.94 bits per heavy atom. The fourth-order valence-corrected chi connectivity index (χ4v) is 2.85. The van der Waals surface area contributed by atoms with Crippen LogP contribution in [-0.2, 0) is 14.3 Å². The van der Waals surface area contributed by atoms with Crippen molar-refractivity contribution in [3.63, 3.8) is 0 Å². The molecule has 18 heavy (non-hydrogen) atoms. The molecule has 0 spiro atoms. The highest BCUT2D eigenvalue weighted by Gasteiger charge is 2.32. The molecule has 1 amide bonds. The average molecular weight is 254 g/mol. The SMILES string of the molecule is COC(=O)[C@@H]1C[C@H](NC(=O)C2CCCCC2)CN1. The molecule has 5 heteroatoms. The molecule has 2 N–H and O–H groups in total. The maximum atomic E-state index is 12.0. The highest BCUT2D eigenvalue weighted by molar-refractivity contribution is 5.80. The summed E-state index contributed by atoms with van der Waals surface area (Å²) < 4.78 is 4.69. The van der Waals surface area contributed by atoms with Crippen LogP contribution in [0.4, 0.5) is 0 Å². The third kappa shape index (κ3) is 3.22.